The van der Waals surface area contributed by atoms with Gasteiger partial charge < -0.3 is 10.0 Å². The lowest BCUT2D eigenvalue weighted by Gasteiger charge is -2.23. The van der Waals surface area contributed by atoms with E-state index in [1.54, 1.807) is 12.1 Å². The van der Waals surface area contributed by atoms with Crippen LogP contribution in [-0.2, 0) is 6.54 Å². The molecular weight excluding hydrogens is 252 g/mol. The Morgan fingerprint density at radius 1 is 1.20 bits per heavy atom. The van der Waals surface area contributed by atoms with Gasteiger partial charge in [0, 0.05) is 17.9 Å². The summed E-state index contributed by atoms with van der Waals surface area (Å²) in [4.78, 5) is 17.5. The topological polar surface area (TPSA) is 53.4 Å². The molecule has 4 heteroatoms. The number of carbonyl (C=O) groups is 1. The lowest BCUT2D eigenvalue weighted by Crippen LogP contribution is -2.22. The number of pyridine rings is 1. The summed E-state index contributed by atoms with van der Waals surface area (Å²) in [5.74, 6) is -0.903. The number of aromatic nitrogens is 1. The van der Waals surface area contributed by atoms with Crippen LogP contribution in [0.15, 0.2) is 42.5 Å². The molecule has 2 rings (SSSR count). The SMILES string of the molecule is CCN(Cc1cccc(C)n1)c1ccc(C(=O)O)cc1. The van der Waals surface area contributed by atoms with Crippen molar-refractivity contribution in [3.63, 3.8) is 0 Å². The first-order valence-corrected chi connectivity index (χ1v) is 6.61. The summed E-state index contributed by atoms with van der Waals surface area (Å²) in [5.41, 5.74) is 3.31. The fraction of sp³-hybridized carbons (Fsp3) is 0.250. The van der Waals surface area contributed by atoms with Gasteiger partial charge in [-0.2, -0.15) is 0 Å². The van der Waals surface area contributed by atoms with E-state index < -0.39 is 5.97 Å². The predicted octanol–water partition coefficient (Wildman–Crippen LogP) is 3.11. The summed E-state index contributed by atoms with van der Waals surface area (Å²) in [5, 5.41) is 8.91. The van der Waals surface area contributed by atoms with E-state index in [2.05, 4.69) is 16.8 Å². The van der Waals surface area contributed by atoms with Crippen molar-refractivity contribution >= 4 is 11.7 Å². The molecule has 0 aliphatic heterocycles. The van der Waals surface area contributed by atoms with Gasteiger partial charge in [-0.3, -0.25) is 4.98 Å². The summed E-state index contributed by atoms with van der Waals surface area (Å²) >= 11 is 0. The molecule has 0 saturated carbocycles. The third-order valence-electron chi connectivity index (χ3n) is 3.16. The third-order valence-corrected chi connectivity index (χ3v) is 3.16. The number of benzene rings is 1. The Balaban J connectivity index is 2.17. The Kier molecular flexibility index (Phi) is 4.35. The third kappa shape index (κ3) is 3.35. The number of carboxylic acids is 1. The molecule has 0 aliphatic rings. The van der Waals surface area contributed by atoms with Crippen molar-refractivity contribution in [1.82, 2.24) is 4.98 Å². The summed E-state index contributed by atoms with van der Waals surface area (Å²) in [6.07, 6.45) is 0. The minimum absolute atomic E-state index is 0.304. The van der Waals surface area contributed by atoms with Crippen LogP contribution < -0.4 is 4.90 Å². The highest BCUT2D eigenvalue weighted by Gasteiger charge is 2.08. The van der Waals surface area contributed by atoms with Gasteiger partial charge in [0.05, 0.1) is 17.8 Å². The number of anilines is 1. The molecule has 0 bridgehead atoms. The largest absolute Gasteiger partial charge is 0.478 e. The molecule has 0 amide bonds. The maximum Gasteiger partial charge on any atom is 0.335 e. The maximum absolute atomic E-state index is 10.9. The average Bonchev–Trinajstić information content (AvgIpc) is 2.45. The lowest BCUT2D eigenvalue weighted by atomic mass is 10.2. The summed E-state index contributed by atoms with van der Waals surface area (Å²) in [6, 6.07) is 12.9. The molecule has 0 fully saturated rings. The van der Waals surface area contributed by atoms with Gasteiger partial charge in [0.1, 0.15) is 0 Å². The fourth-order valence-corrected chi connectivity index (χ4v) is 2.08. The molecule has 104 valence electrons. The first-order valence-electron chi connectivity index (χ1n) is 6.61. The van der Waals surface area contributed by atoms with Crippen LogP contribution in [0.3, 0.4) is 0 Å². The standard InChI is InChI=1S/C16H18N2O2/c1-3-18(11-14-6-4-5-12(2)17-14)15-9-7-13(8-10-15)16(19)20/h4-10H,3,11H2,1-2H3,(H,19,20). The van der Waals surface area contributed by atoms with Gasteiger partial charge in [0.2, 0.25) is 0 Å². The zero-order chi connectivity index (χ0) is 14.5. The van der Waals surface area contributed by atoms with Crippen molar-refractivity contribution in [2.24, 2.45) is 0 Å². The number of hydrogen-bond acceptors (Lipinski definition) is 3. The van der Waals surface area contributed by atoms with Crippen LogP contribution in [0.1, 0.15) is 28.7 Å². The number of nitrogens with zero attached hydrogens (tertiary/aromatic N) is 2. The van der Waals surface area contributed by atoms with Crippen LogP contribution >= 0.6 is 0 Å². The number of carboxylic acid groups (broad SMARTS) is 1. The van der Waals surface area contributed by atoms with Crippen molar-refractivity contribution in [1.29, 1.82) is 0 Å². The lowest BCUT2D eigenvalue weighted by molar-refractivity contribution is 0.0697. The summed E-state index contributed by atoms with van der Waals surface area (Å²) < 4.78 is 0. The molecule has 0 spiro atoms. The van der Waals surface area contributed by atoms with Gasteiger partial charge in [-0.05, 0) is 50.2 Å². The van der Waals surface area contributed by atoms with E-state index in [1.807, 2.05) is 37.3 Å². The van der Waals surface area contributed by atoms with Gasteiger partial charge in [-0.15, -0.1) is 0 Å². The molecule has 1 heterocycles. The van der Waals surface area contributed by atoms with Crippen molar-refractivity contribution < 1.29 is 9.90 Å². The van der Waals surface area contributed by atoms with E-state index in [9.17, 15) is 4.79 Å². The Hall–Kier alpha value is -2.36. The van der Waals surface area contributed by atoms with E-state index >= 15 is 0 Å². The zero-order valence-corrected chi connectivity index (χ0v) is 11.7. The van der Waals surface area contributed by atoms with Gasteiger partial charge in [-0.25, -0.2) is 4.79 Å². The minimum atomic E-state index is -0.903. The van der Waals surface area contributed by atoms with Crippen molar-refractivity contribution in [3.8, 4) is 0 Å². The molecule has 0 radical (unpaired) electrons. The molecule has 1 N–H and O–H groups in total. The van der Waals surface area contributed by atoms with E-state index in [1.165, 1.54) is 0 Å². The van der Waals surface area contributed by atoms with Crippen LogP contribution in [0.25, 0.3) is 0 Å². The monoisotopic (exact) mass is 270 g/mol. The van der Waals surface area contributed by atoms with E-state index in [0.717, 1.165) is 23.6 Å². The Labute approximate surface area is 118 Å². The van der Waals surface area contributed by atoms with Crippen LogP contribution in [0, 0.1) is 6.92 Å². The molecule has 0 saturated heterocycles. The minimum Gasteiger partial charge on any atom is -0.478 e. The van der Waals surface area contributed by atoms with Crippen molar-refractivity contribution in [2.75, 3.05) is 11.4 Å². The highest BCUT2D eigenvalue weighted by molar-refractivity contribution is 5.88. The van der Waals surface area contributed by atoms with Crippen molar-refractivity contribution in [2.45, 2.75) is 20.4 Å². The first-order chi connectivity index (χ1) is 9.60. The predicted molar refractivity (Wildman–Crippen MR) is 79.1 cm³/mol. The quantitative estimate of drug-likeness (QED) is 0.907. The number of hydrogen-bond donors (Lipinski definition) is 1. The van der Waals surface area contributed by atoms with Gasteiger partial charge in [0.15, 0.2) is 0 Å². The Bertz CT molecular complexity index is 594. The van der Waals surface area contributed by atoms with E-state index in [-0.39, 0.29) is 0 Å². The Morgan fingerprint density at radius 2 is 1.90 bits per heavy atom. The molecule has 1 aromatic heterocycles. The smallest absolute Gasteiger partial charge is 0.335 e. The molecule has 0 atom stereocenters. The molecule has 1 aromatic carbocycles. The van der Waals surface area contributed by atoms with Crippen molar-refractivity contribution in [3.05, 3.63) is 59.4 Å². The van der Waals surface area contributed by atoms with Crippen LogP contribution in [0.5, 0.6) is 0 Å². The second kappa shape index (κ2) is 6.19. The highest BCUT2D eigenvalue weighted by Crippen LogP contribution is 2.17. The second-order valence-electron chi connectivity index (χ2n) is 4.64. The van der Waals surface area contributed by atoms with Crippen LogP contribution in [0.4, 0.5) is 5.69 Å². The molecule has 2 aromatic rings. The highest BCUT2D eigenvalue weighted by atomic mass is 16.4. The molecular formula is C16H18N2O2. The molecule has 0 aliphatic carbocycles. The number of aromatic carboxylic acids is 1. The van der Waals surface area contributed by atoms with E-state index in [0.29, 0.717) is 12.1 Å². The number of aryl methyl sites for hydroxylation is 1. The van der Waals surface area contributed by atoms with Gasteiger partial charge >= 0.3 is 5.97 Å². The van der Waals surface area contributed by atoms with E-state index in [4.69, 9.17) is 5.11 Å². The fourth-order valence-electron chi connectivity index (χ4n) is 2.08. The van der Waals surface area contributed by atoms with Gasteiger partial charge in [-0.1, -0.05) is 6.07 Å². The maximum atomic E-state index is 10.9. The zero-order valence-electron chi connectivity index (χ0n) is 11.7. The second-order valence-corrected chi connectivity index (χ2v) is 4.64. The summed E-state index contributed by atoms with van der Waals surface area (Å²) in [6.45, 7) is 5.59. The average molecular weight is 270 g/mol. The molecule has 0 unspecified atom stereocenters. The molecule has 4 nitrogen and oxygen atoms in total. The first kappa shape index (κ1) is 14.1. The van der Waals surface area contributed by atoms with Crippen LogP contribution in [0.2, 0.25) is 0 Å². The normalized spacial score (nSPS) is 10.3. The van der Waals surface area contributed by atoms with Gasteiger partial charge in [0.25, 0.3) is 0 Å². The Morgan fingerprint density at radius 3 is 2.45 bits per heavy atom. The summed E-state index contributed by atoms with van der Waals surface area (Å²) in [7, 11) is 0. The van der Waals surface area contributed by atoms with Crippen LogP contribution in [-0.4, -0.2) is 22.6 Å². The number of rotatable bonds is 5. The molecule has 20 heavy (non-hydrogen) atoms.